The summed E-state index contributed by atoms with van der Waals surface area (Å²) in [5.41, 5.74) is 8.60. The third-order valence-corrected chi connectivity index (χ3v) is 7.92. The van der Waals surface area contributed by atoms with Crippen molar-refractivity contribution in [2.45, 2.75) is 76.6 Å². The van der Waals surface area contributed by atoms with Crippen LogP contribution in [0.2, 0.25) is 0 Å². The minimum absolute atomic E-state index is 0.00126. The standard InChI is InChI=1S/C26H32F3N5O3/c1-15-11-19(20(30)13-22(15)37-26(27,28)29)24(35)33-9-7-18(8-10-33)34-21-12-17(16-5-3-2-4-6-16)14-31-23(21)32-25(34)36/h12-16,18H,2-11,30H2,1H3,(H,31,32,36). The first-order valence-electron chi connectivity index (χ1n) is 13.0. The number of halogens is 3. The number of piperidine rings is 1. The van der Waals surface area contributed by atoms with Gasteiger partial charge in [-0.1, -0.05) is 26.2 Å². The van der Waals surface area contributed by atoms with Crippen molar-refractivity contribution in [1.29, 1.82) is 0 Å². The van der Waals surface area contributed by atoms with Crippen molar-refractivity contribution in [1.82, 2.24) is 19.4 Å². The second kappa shape index (κ2) is 9.90. The number of carbonyl (C=O) groups excluding carboxylic acids is 1. The highest BCUT2D eigenvalue weighted by molar-refractivity contribution is 5.95. The third-order valence-electron chi connectivity index (χ3n) is 7.92. The number of alkyl halides is 3. The Balaban J connectivity index is 1.30. The Hall–Kier alpha value is -3.24. The van der Waals surface area contributed by atoms with Crippen molar-refractivity contribution in [3.05, 3.63) is 51.4 Å². The number of nitrogens with two attached hydrogens (primary N) is 1. The molecule has 5 rings (SSSR count). The van der Waals surface area contributed by atoms with Gasteiger partial charge in [-0.3, -0.25) is 14.3 Å². The average Bonchev–Trinajstić information content (AvgIpc) is 3.20. The number of pyridine rings is 1. The summed E-state index contributed by atoms with van der Waals surface area (Å²) in [6, 6.07) is 2.01. The van der Waals surface area contributed by atoms with Crippen molar-refractivity contribution < 1.29 is 22.7 Å². The summed E-state index contributed by atoms with van der Waals surface area (Å²) in [5, 5.41) is 0. The molecule has 8 nitrogen and oxygen atoms in total. The number of hydrogen-bond donors (Lipinski definition) is 2. The van der Waals surface area contributed by atoms with Crippen LogP contribution < -0.4 is 11.4 Å². The molecule has 2 aromatic heterocycles. The highest BCUT2D eigenvalue weighted by atomic mass is 19.4. The summed E-state index contributed by atoms with van der Waals surface area (Å²) >= 11 is 0. The van der Waals surface area contributed by atoms with Crippen LogP contribution >= 0.6 is 0 Å². The van der Waals surface area contributed by atoms with E-state index >= 15 is 0 Å². The fourth-order valence-corrected chi connectivity index (χ4v) is 5.94. The fourth-order valence-electron chi connectivity index (χ4n) is 5.94. The van der Waals surface area contributed by atoms with E-state index in [0.717, 1.165) is 24.4 Å². The molecule has 1 unspecified atom stereocenters. The van der Waals surface area contributed by atoms with E-state index in [1.807, 2.05) is 6.20 Å². The van der Waals surface area contributed by atoms with Crippen LogP contribution in [-0.4, -0.2) is 44.8 Å². The largest absolute Gasteiger partial charge is 0.572 e. The molecule has 37 heavy (non-hydrogen) atoms. The smallest absolute Gasteiger partial charge is 0.410 e. The summed E-state index contributed by atoms with van der Waals surface area (Å²) in [7, 11) is 0. The molecule has 0 bridgehead atoms. The Morgan fingerprint density at radius 2 is 1.86 bits per heavy atom. The van der Waals surface area contributed by atoms with E-state index in [4.69, 9.17) is 5.73 Å². The number of nitrogens with zero attached hydrogens (tertiary/aromatic N) is 3. The summed E-state index contributed by atoms with van der Waals surface area (Å²) < 4.78 is 43.8. The number of aromatic amines is 1. The molecular weight excluding hydrogens is 487 g/mol. The zero-order valence-corrected chi connectivity index (χ0v) is 20.8. The van der Waals surface area contributed by atoms with Crippen molar-refractivity contribution in [3.63, 3.8) is 0 Å². The van der Waals surface area contributed by atoms with Crippen LogP contribution in [0.5, 0.6) is 0 Å². The molecule has 1 atom stereocenters. The lowest BCUT2D eigenvalue weighted by Crippen LogP contribution is -2.42. The number of carbonyl (C=O) groups is 1. The summed E-state index contributed by atoms with van der Waals surface area (Å²) in [4.78, 5) is 35.1. The Kier molecular flexibility index (Phi) is 6.80. The number of H-pyrrole nitrogens is 1. The molecule has 2 aromatic rings. The molecule has 1 saturated carbocycles. The number of ether oxygens (including phenoxy) is 1. The molecule has 2 fully saturated rings. The Bertz CT molecular complexity index is 1290. The topological polar surface area (TPSA) is 106 Å². The van der Waals surface area contributed by atoms with Gasteiger partial charge in [0.2, 0.25) is 0 Å². The highest BCUT2D eigenvalue weighted by Crippen LogP contribution is 2.36. The molecule has 0 spiro atoms. The SMILES string of the molecule is CC1CC(C(=O)N2CCC(n3c(=O)[nH]c4ncc(C5CCCCC5)cc43)CC2)=C(N)C=C1OC(F)(F)F. The van der Waals surface area contributed by atoms with Crippen LogP contribution in [0.3, 0.4) is 0 Å². The first kappa shape index (κ1) is 25.4. The Morgan fingerprint density at radius 3 is 2.54 bits per heavy atom. The van der Waals surface area contributed by atoms with Gasteiger partial charge in [-0.2, -0.15) is 0 Å². The summed E-state index contributed by atoms with van der Waals surface area (Å²) in [6.45, 7) is 2.40. The van der Waals surface area contributed by atoms with Gasteiger partial charge in [0.05, 0.1) is 5.52 Å². The van der Waals surface area contributed by atoms with Crippen LogP contribution in [0, 0.1) is 5.92 Å². The molecule has 0 aromatic carbocycles. The maximum Gasteiger partial charge on any atom is 0.572 e. The van der Waals surface area contributed by atoms with Gasteiger partial charge in [0.15, 0.2) is 5.65 Å². The monoisotopic (exact) mass is 519 g/mol. The molecule has 200 valence electrons. The van der Waals surface area contributed by atoms with Gasteiger partial charge in [0, 0.05) is 42.5 Å². The summed E-state index contributed by atoms with van der Waals surface area (Å²) in [6.07, 6.45) is 5.35. The van der Waals surface area contributed by atoms with E-state index in [0.29, 0.717) is 43.1 Å². The van der Waals surface area contributed by atoms with E-state index in [2.05, 4.69) is 20.8 Å². The van der Waals surface area contributed by atoms with E-state index in [1.165, 1.54) is 24.8 Å². The molecule has 1 saturated heterocycles. The Morgan fingerprint density at radius 1 is 1.16 bits per heavy atom. The van der Waals surface area contributed by atoms with Gasteiger partial charge in [0.25, 0.3) is 5.91 Å². The average molecular weight is 520 g/mol. The van der Waals surface area contributed by atoms with Crippen molar-refractivity contribution in [2.24, 2.45) is 11.7 Å². The molecule has 11 heteroatoms. The first-order valence-corrected chi connectivity index (χ1v) is 13.0. The molecule has 1 aliphatic heterocycles. The van der Waals surface area contributed by atoms with Gasteiger partial charge in [-0.15, -0.1) is 13.2 Å². The summed E-state index contributed by atoms with van der Waals surface area (Å²) in [5.74, 6) is -0.727. The number of fused-ring (bicyclic) bond motifs is 1. The van der Waals surface area contributed by atoms with E-state index in [-0.39, 0.29) is 35.5 Å². The number of hydrogen-bond acceptors (Lipinski definition) is 5. The predicted molar refractivity (Wildman–Crippen MR) is 131 cm³/mol. The second-order valence-electron chi connectivity index (χ2n) is 10.4. The van der Waals surface area contributed by atoms with Gasteiger partial charge in [-0.25, -0.2) is 9.78 Å². The van der Waals surface area contributed by atoms with Crippen LogP contribution in [0.25, 0.3) is 11.2 Å². The predicted octanol–water partition coefficient (Wildman–Crippen LogP) is 4.61. The number of likely N-dealkylation sites (tertiary alicyclic amines) is 1. The molecule has 2 aliphatic carbocycles. The number of nitrogens with one attached hydrogen (secondary N) is 1. The van der Waals surface area contributed by atoms with E-state index in [9.17, 15) is 22.8 Å². The maximum atomic E-state index is 13.2. The normalized spacial score (nSPS) is 22.4. The first-order chi connectivity index (χ1) is 17.6. The highest BCUT2D eigenvalue weighted by Gasteiger charge is 2.37. The van der Waals surface area contributed by atoms with Crippen LogP contribution in [0.4, 0.5) is 13.2 Å². The number of amides is 1. The van der Waals surface area contributed by atoms with Crippen molar-refractivity contribution in [3.8, 4) is 0 Å². The third kappa shape index (κ3) is 5.26. The zero-order valence-electron chi connectivity index (χ0n) is 20.8. The Labute approximate surface area is 212 Å². The minimum atomic E-state index is -4.81. The zero-order chi connectivity index (χ0) is 26.3. The lowest BCUT2D eigenvalue weighted by molar-refractivity contribution is -0.308. The van der Waals surface area contributed by atoms with Crippen molar-refractivity contribution >= 4 is 17.1 Å². The number of allylic oxidation sites excluding steroid dienone is 2. The van der Waals surface area contributed by atoms with Gasteiger partial charge >= 0.3 is 12.1 Å². The molecule has 3 heterocycles. The molecule has 3 aliphatic rings. The lowest BCUT2D eigenvalue weighted by atomic mass is 9.85. The number of rotatable bonds is 4. The molecule has 1 amide bonds. The van der Waals surface area contributed by atoms with Crippen molar-refractivity contribution in [2.75, 3.05) is 13.1 Å². The van der Waals surface area contributed by atoms with Crippen LogP contribution in [-0.2, 0) is 9.53 Å². The fraction of sp³-hybridized carbons (Fsp3) is 0.577. The van der Waals surface area contributed by atoms with E-state index in [1.54, 1.807) is 16.4 Å². The van der Waals surface area contributed by atoms with Gasteiger partial charge < -0.3 is 15.4 Å². The second-order valence-corrected chi connectivity index (χ2v) is 10.4. The number of imidazole rings is 1. The van der Waals surface area contributed by atoms with Gasteiger partial charge in [-0.05, 0) is 55.7 Å². The maximum absolute atomic E-state index is 13.2. The quantitative estimate of drug-likeness (QED) is 0.614. The van der Waals surface area contributed by atoms with Crippen LogP contribution in [0.15, 0.2) is 40.2 Å². The van der Waals surface area contributed by atoms with E-state index < -0.39 is 12.3 Å². The lowest BCUT2D eigenvalue weighted by Gasteiger charge is -2.34. The number of aromatic nitrogens is 3. The minimum Gasteiger partial charge on any atom is -0.410 e. The molecular formula is C26H32F3N5O3. The van der Waals surface area contributed by atoms with Gasteiger partial charge in [0.1, 0.15) is 5.76 Å². The molecule has 3 N–H and O–H groups in total. The van der Waals surface area contributed by atoms with Crippen LogP contribution in [0.1, 0.15) is 75.8 Å². The molecule has 0 radical (unpaired) electrons.